The molecule has 1 saturated heterocycles. The summed E-state index contributed by atoms with van der Waals surface area (Å²) in [5.74, 6) is 2.93. The minimum atomic E-state index is 0. The van der Waals surface area contributed by atoms with Crippen LogP contribution >= 0.6 is 24.0 Å². The number of nitrogens with zero attached hydrogens (tertiary/aromatic N) is 2. The summed E-state index contributed by atoms with van der Waals surface area (Å²) >= 11 is 0. The van der Waals surface area contributed by atoms with E-state index in [-0.39, 0.29) is 24.0 Å². The summed E-state index contributed by atoms with van der Waals surface area (Å²) < 4.78 is 5.41. The first kappa shape index (κ1) is 18.6. The van der Waals surface area contributed by atoms with Gasteiger partial charge in [-0.1, -0.05) is 19.8 Å². The lowest BCUT2D eigenvalue weighted by Crippen LogP contribution is -2.49. The second-order valence-electron chi connectivity index (χ2n) is 6.85. The second-order valence-corrected chi connectivity index (χ2v) is 6.85. The predicted molar refractivity (Wildman–Crippen MR) is 105 cm³/mol. The van der Waals surface area contributed by atoms with E-state index in [1.165, 1.54) is 38.5 Å². The van der Waals surface area contributed by atoms with Crippen molar-refractivity contribution in [1.82, 2.24) is 10.2 Å². The van der Waals surface area contributed by atoms with Gasteiger partial charge in [-0.3, -0.25) is 4.99 Å². The van der Waals surface area contributed by atoms with Crippen molar-refractivity contribution in [2.75, 3.05) is 19.6 Å². The van der Waals surface area contributed by atoms with Gasteiger partial charge in [0.15, 0.2) is 5.96 Å². The number of guanidine groups is 1. The number of hydrogen-bond donors (Lipinski definition) is 1. The maximum absolute atomic E-state index is 5.41. The Hall–Kier alpha value is -0.720. The Morgan fingerprint density at radius 1 is 1.30 bits per heavy atom. The van der Waals surface area contributed by atoms with Gasteiger partial charge in [-0.15, -0.1) is 24.0 Å². The molecule has 1 aromatic heterocycles. The van der Waals surface area contributed by atoms with E-state index in [0.717, 1.165) is 43.7 Å². The molecule has 2 fully saturated rings. The SMILES string of the molecule is CC1CCCN(C(=NCCc2ccco2)NC2CCCC2)C1.I. The number of halogens is 1. The number of aliphatic imine (C=N–C) groups is 1. The van der Waals surface area contributed by atoms with Crippen LogP contribution in [0.3, 0.4) is 0 Å². The highest BCUT2D eigenvalue weighted by Crippen LogP contribution is 2.20. The van der Waals surface area contributed by atoms with Gasteiger partial charge in [0.05, 0.1) is 6.26 Å². The van der Waals surface area contributed by atoms with Crippen LogP contribution in [0.25, 0.3) is 0 Å². The molecule has 5 heteroatoms. The highest BCUT2D eigenvalue weighted by Gasteiger charge is 2.23. The van der Waals surface area contributed by atoms with Crippen molar-refractivity contribution in [3.05, 3.63) is 24.2 Å². The van der Waals surface area contributed by atoms with Gasteiger partial charge in [-0.05, 0) is 43.7 Å². The average Bonchev–Trinajstić information content (AvgIpc) is 3.19. The fourth-order valence-corrected chi connectivity index (χ4v) is 3.60. The highest BCUT2D eigenvalue weighted by molar-refractivity contribution is 14.0. The van der Waals surface area contributed by atoms with E-state index in [0.29, 0.717) is 6.04 Å². The predicted octanol–water partition coefficient (Wildman–Crippen LogP) is 4.06. The Bertz CT molecular complexity index is 469. The maximum atomic E-state index is 5.41. The molecule has 2 heterocycles. The van der Waals surface area contributed by atoms with E-state index in [1.807, 2.05) is 12.1 Å². The second kappa shape index (κ2) is 9.55. The molecule has 1 N–H and O–H groups in total. The summed E-state index contributed by atoms with van der Waals surface area (Å²) in [6, 6.07) is 4.60. The fraction of sp³-hybridized carbons (Fsp3) is 0.722. The highest BCUT2D eigenvalue weighted by atomic mass is 127. The summed E-state index contributed by atoms with van der Waals surface area (Å²) in [5.41, 5.74) is 0. The zero-order valence-corrected chi connectivity index (χ0v) is 16.5. The van der Waals surface area contributed by atoms with Gasteiger partial charge < -0.3 is 14.6 Å². The zero-order valence-electron chi connectivity index (χ0n) is 14.2. The minimum Gasteiger partial charge on any atom is -0.469 e. The van der Waals surface area contributed by atoms with Crippen LogP contribution in [0, 0.1) is 5.92 Å². The van der Waals surface area contributed by atoms with E-state index in [4.69, 9.17) is 9.41 Å². The number of likely N-dealkylation sites (tertiary alicyclic amines) is 1. The normalized spacial score (nSPS) is 22.9. The summed E-state index contributed by atoms with van der Waals surface area (Å²) in [6.45, 7) is 5.43. The number of rotatable bonds is 4. The van der Waals surface area contributed by atoms with E-state index in [1.54, 1.807) is 6.26 Å². The molecule has 1 aliphatic heterocycles. The zero-order chi connectivity index (χ0) is 15.2. The Morgan fingerprint density at radius 3 is 2.83 bits per heavy atom. The van der Waals surface area contributed by atoms with Crippen LogP contribution in [0.2, 0.25) is 0 Å². The first-order valence-electron chi connectivity index (χ1n) is 8.89. The van der Waals surface area contributed by atoms with Gasteiger partial charge in [0.2, 0.25) is 0 Å². The monoisotopic (exact) mass is 431 g/mol. The lowest BCUT2D eigenvalue weighted by molar-refractivity contribution is 0.263. The van der Waals surface area contributed by atoms with E-state index in [2.05, 4.69) is 17.1 Å². The van der Waals surface area contributed by atoms with Crippen LogP contribution in [-0.2, 0) is 6.42 Å². The van der Waals surface area contributed by atoms with Gasteiger partial charge in [0.25, 0.3) is 0 Å². The fourth-order valence-electron chi connectivity index (χ4n) is 3.60. The lowest BCUT2D eigenvalue weighted by Gasteiger charge is -2.34. The molecule has 0 bridgehead atoms. The van der Waals surface area contributed by atoms with E-state index >= 15 is 0 Å². The van der Waals surface area contributed by atoms with Gasteiger partial charge in [0.1, 0.15) is 5.76 Å². The molecular formula is C18H30IN3O. The first-order valence-corrected chi connectivity index (χ1v) is 8.89. The molecule has 2 aliphatic rings. The molecule has 3 rings (SSSR count). The third kappa shape index (κ3) is 5.69. The average molecular weight is 431 g/mol. The number of furan rings is 1. The third-order valence-electron chi connectivity index (χ3n) is 4.84. The van der Waals surface area contributed by atoms with Crippen molar-refractivity contribution in [3.63, 3.8) is 0 Å². The van der Waals surface area contributed by atoms with E-state index in [9.17, 15) is 0 Å². The van der Waals surface area contributed by atoms with Crippen molar-refractivity contribution in [3.8, 4) is 0 Å². The van der Waals surface area contributed by atoms with Crippen LogP contribution in [0.15, 0.2) is 27.8 Å². The van der Waals surface area contributed by atoms with Crippen molar-refractivity contribution in [2.24, 2.45) is 10.9 Å². The lowest BCUT2D eigenvalue weighted by atomic mass is 10.0. The molecule has 0 amide bonds. The summed E-state index contributed by atoms with van der Waals surface area (Å²) in [4.78, 5) is 7.36. The van der Waals surface area contributed by atoms with Crippen molar-refractivity contribution < 1.29 is 4.42 Å². The Labute approximate surface area is 157 Å². The van der Waals surface area contributed by atoms with Crippen molar-refractivity contribution in [2.45, 2.75) is 57.9 Å². The quantitative estimate of drug-likeness (QED) is 0.444. The molecule has 1 aliphatic carbocycles. The van der Waals surface area contributed by atoms with Crippen molar-refractivity contribution in [1.29, 1.82) is 0 Å². The Kier molecular flexibility index (Phi) is 7.73. The molecule has 130 valence electrons. The summed E-state index contributed by atoms with van der Waals surface area (Å²) in [6.07, 6.45) is 10.5. The summed E-state index contributed by atoms with van der Waals surface area (Å²) in [7, 11) is 0. The standard InChI is InChI=1S/C18H29N3O.HI/c1-15-6-4-12-21(14-15)18(20-16-7-2-3-8-16)19-11-10-17-9-5-13-22-17;/h5,9,13,15-16H,2-4,6-8,10-12,14H2,1H3,(H,19,20);1H. The number of hydrogen-bond acceptors (Lipinski definition) is 2. The topological polar surface area (TPSA) is 40.8 Å². The molecular weight excluding hydrogens is 401 g/mol. The molecule has 1 atom stereocenters. The molecule has 1 saturated carbocycles. The van der Waals surface area contributed by atoms with Gasteiger partial charge >= 0.3 is 0 Å². The molecule has 1 aromatic rings. The Balaban J connectivity index is 0.00000192. The van der Waals surface area contributed by atoms with Crippen LogP contribution in [0.5, 0.6) is 0 Å². The summed E-state index contributed by atoms with van der Waals surface area (Å²) in [5, 5.41) is 3.73. The van der Waals surface area contributed by atoms with Gasteiger partial charge in [-0.25, -0.2) is 0 Å². The minimum absolute atomic E-state index is 0. The maximum Gasteiger partial charge on any atom is 0.194 e. The van der Waals surface area contributed by atoms with Crippen molar-refractivity contribution >= 4 is 29.9 Å². The van der Waals surface area contributed by atoms with Crippen LogP contribution in [-0.4, -0.2) is 36.5 Å². The molecule has 0 aromatic carbocycles. The van der Waals surface area contributed by atoms with Crippen LogP contribution < -0.4 is 5.32 Å². The molecule has 0 radical (unpaired) electrons. The van der Waals surface area contributed by atoms with Gasteiger partial charge in [0, 0.05) is 32.1 Å². The van der Waals surface area contributed by atoms with Crippen LogP contribution in [0.1, 0.15) is 51.2 Å². The largest absolute Gasteiger partial charge is 0.469 e. The first-order chi connectivity index (χ1) is 10.8. The number of piperidine rings is 1. The molecule has 1 unspecified atom stereocenters. The van der Waals surface area contributed by atoms with Gasteiger partial charge in [-0.2, -0.15) is 0 Å². The molecule has 23 heavy (non-hydrogen) atoms. The number of nitrogens with one attached hydrogen (secondary N) is 1. The third-order valence-corrected chi connectivity index (χ3v) is 4.84. The Morgan fingerprint density at radius 2 is 2.13 bits per heavy atom. The van der Waals surface area contributed by atoms with E-state index < -0.39 is 0 Å². The molecule has 4 nitrogen and oxygen atoms in total. The smallest absolute Gasteiger partial charge is 0.194 e. The molecule has 0 spiro atoms. The van der Waals surface area contributed by atoms with Crippen LogP contribution in [0.4, 0.5) is 0 Å².